The minimum atomic E-state index is -0.175. The summed E-state index contributed by atoms with van der Waals surface area (Å²) in [5, 5.41) is 0. The van der Waals surface area contributed by atoms with Crippen LogP contribution >= 0.6 is 15.9 Å². The minimum Gasteiger partial charge on any atom is -0.326 e. The van der Waals surface area contributed by atoms with E-state index in [1.807, 2.05) is 12.1 Å². The number of rotatable bonds is 4. The molecule has 1 aromatic rings. The van der Waals surface area contributed by atoms with Crippen molar-refractivity contribution in [1.29, 1.82) is 0 Å². The second-order valence-corrected chi connectivity index (χ2v) is 7.52. The Morgan fingerprint density at radius 1 is 1.24 bits per heavy atom. The summed E-state index contributed by atoms with van der Waals surface area (Å²) in [6.07, 6.45) is 5.67. The monoisotopic (exact) mass is 356 g/mol. The minimum absolute atomic E-state index is 0.0775. The van der Waals surface area contributed by atoms with Crippen molar-refractivity contribution < 1.29 is 4.39 Å². The summed E-state index contributed by atoms with van der Waals surface area (Å²) in [7, 11) is 0. The zero-order valence-electron chi connectivity index (χ0n) is 13.0. The van der Waals surface area contributed by atoms with Crippen LogP contribution in [0.1, 0.15) is 45.1 Å². The molecule has 1 heterocycles. The summed E-state index contributed by atoms with van der Waals surface area (Å²) in [6, 6.07) is 5.15. The molecule has 2 nitrogen and oxygen atoms in total. The first-order valence-electron chi connectivity index (χ1n) is 7.86. The number of nitrogens with zero attached hydrogens (tertiary/aromatic N) is 1. The lowest BCUT2D eigenvalue weighted by molar-refractivity contribution is 0.0976. The van der Waals surface area contributed by atoms with Gasteiger partial charge in [0, 0.05) is 16.1 Å². The van der Waals surface area contributed by atoms with Crippen LogP contribution < -0.4 is 5.73 Å². The molecule has 0 aromatic heterocycles. The third kappa shape index (κ3) is 4.27. The Morgan fingerprint density at radius 3 is 2.43 bits per heavy atom. The van der Waals surface area contributed by atoms with Crippen molar-refractivity contribution in [2.75, 3.05) is 13.1 Å². The van der Waals surface area contributed by atoms with Gasteiger partial charge < -0.3 is 5.73 Å². The molecule has 1 atom stereocenters. The van der Waals surface area contributed by atoms with E-state index in [0.717, 1.165) is 17.6 Å². The Balaban J connectivity index is 2.07. The molecule has 1 aliphatic heterocycles. The molecule has 1 fully saturated rings. The zero-order chi connectivity index (χ0) is 15.5. The molecule has 1 aliphatic rings. The summed E-state index contributed by atoms with van der Waals surface area (Å²) >= 11 is 3.29. The van der Waals surface area contributed by atoms with Gasteiger partial charge in [-0.05, 0) is 63.9 Å². The zero-order valence-corrected chi connectivity index (χ0v) is 14.6. The van der Waals surface area contributed by atoms with Crippen LogP contribution in [0.25, 0.3) is 0 Å². The summed E-state index contributed by atoms with van der Waals surface area (Å²) in [5.41, 5.74) is 7.05. The highest BCUT2D eigenvalue weighted by atomic mass is 79.9. The average Bonchev–Trinajstić information content (AvgIpc) is 2.71. The molecule has 4 heteroatoms. The first kappa shape index (κ1) is 16.9. The van der Waals surface area contributed by atoms with Crippen molar-refractivity contribution >= 4 is 15.9 Å². The highest BCUT2D eigenvalue weighted by molar-refractivity contribution is 9.10. The molecule has 0 aliphatic carbocycles. The highest BCUT2D eigenvalue weighted by Gasteiger charge is 2.33. The molecule has 0 spiro atoms. The van der Waals surface area contributed by atoms with Crippen LogP contribution in [0.2, 0.25) is 0 Å². The molecule has 0 bridgehead atoms. The van der Waals surface area contributed by atoms with Gasteiger partial charge in [0.25, 0.3) is 0 Å². The van der Waals surface area contributed by atoms with Crippen LogP contribution in [-0.4, -0.2) is 29.6 Å². The number of hydrogen-bond donors (Lipinski definition) is 1. The smallest absolute Gasteiger partial charge is 0.127 e. The van der Waals surface area contributed by atoms with Crippen LogP contribution in [0.4, 0.5) is 4.39 Å². The predicted octanol–water partition coefficient (Wildman–Crippen LogP) is 4.11. The largest absolute Gasteiger partial charge is 0.326 e. The maximum absolute atomic E-state index is 14.0. The Morgan fingerprint density at radius 2 is 1.86 bits per heavy atom. The van der Waals surface area contributed by atoms with Crippen LogP contribution in [0.15, 0.2) is 22.7 Å². The van der Waals surface area contributed by atoms with Gasteiger partial charge in [-0.1, -0.05) is 34.8 Å². The van der Waals surface area contributed by atoms with Crippen LogP contribution in [0.5, 0.6) is 0 Å². The maximum atomic E-state index is 14.0. The van der Waals surface area contributed by atoms with Crippen LogP contribution in [-0.2, 0) is 6.42 Å². The number of hydrogen-bond acceptors (Lipinski definition) is 2. The van der Waals surface area contributed by atoms with Gasteiger partial charge in [0.2, 0.25) is 0 Å². The lowest BCUT2D eigenvalue weighted by Gasteiger charge is -2.42. The fraction of sp³-hybridized carbons (Fsp3) is 0.647. The third-order valence-corrected chi connectivity index (χ3v) is 5.28. The first-order valence-corrected chi connectivity index (χ1v) is 8.65. The van der Waals surface area contributed by atoms with Gasteiger partial charge in [0.15, 0.2) is 0 Å². The Kier molecular flexibility index (Phi) is 5.81. The van der Waals surface area contributed by atoms with E-state index in [9.17, 15) is 4.39 Å². The van der Waals surface area contributed by atoms with E-state index in [4.69, 9.17) is 5.73 Å². The van der Waals surface area contributed by atoms with Crippen molar-refractivity contribution in [3.63, 3.8) is 0 Å². The van der Waals surface area contributed by atoms with Gasteiger partial charge in [-0.2, -0.15) is 0 Å². The lowest BCUT2D eigenvalue weighted by Crippen LogP contribution is -2.57. The number of halogens is 2. The Hall–Kier alpha value is -0.450. The van der Waals surface area contributed by atoms with Gasteiger partial charge in [0.05, 0.1) is 0 Å². The molecular formula is C17H26BrFN2. The van der Waals surface area contributed by atoms with E-state index in [0.29, 0.717) is 12.0 Å². The number of benzene rings is 1. The van der Waals surface area contributed by atoms with E-state index >= 15 is 0 Å². The molecule has 0 radical (unpaired) electrons. The van der Waals surface area contributed by atoms with Crippen molar-refractivity contribution in [3.05, 3.63) is 34.1 Å². The normalized spacial score (nSPS) is 19.3. The van der Waals surface area contributed by atoms with Gasteiger partial charge >= 0.3 is 0 Å². The fourth-order valence-electron chi connectivity index (χ4n) is 3.06. The van der Waals surface area contributed by atoms with E-state index in [1.165, 1.54) is 31.7 Å². The second-order valence-electron chi connectivity index (χ2n) is 6.60. The molecule has 1 aromatic carbocycles. The van der Waals surface area contributed by atoms with E-state index in [-0.39, 0.29) is 17.4 Å². The summed E-state index contributed by atoms with van der Waals surface area (Å²) in [5.74, 6) is -0.175. The number of likely N-dealkylation sites (tertiary alicyclic amines) is 1. The molecule has 21 heavy (non-hydrogen) atoms. The first-order chi connectivity index (χ1) is 9.91. The molecule has 2 rings (SSSR count). The van der Waals surface area contributed by atoms with Crippen LogP contribution in [0, 0.1) is 5.82 Å². The highest BCUT2D eigenvalue weighted by Crippen LogP contribution is 2.25. The molecule has 0 saturated carbocycles. The fourth-order valence-corrected chi connectivity index (χ4v) is 3.39. The Bertz CT molecular complexity index is 468. The van der Waals surface area contributed by atoms with Crippen molar-refractivity contribution in [2.24, 2.45) is 5.73 Å². The van der Waals surface area contributed by atoms with Crippen molar-refractivity contribution in [1.82, 2.24) is 4.90 Å². The second kappa shape index (κ2) is 7.21. The summed E-state index contributed by atoms with van der Waals surface area (Å²) < 4.78 is 14.8. The molecule has 2 N–H and O–H groups in total. The van der Waals surface area contributed by atoms with Gasteiger partial charge in [-0.15, -0.1) is 0 Å². The van der Waals surface area contributed by atoms with Crippen molar-refractivity contribution in [3.8, 4) is 0 Å². The molecule has 0 amide bonds. The van der Waals surface area contributed by atoms with E-state index in [1.54, 1.807) is 0 Å². The quantitative estimate of drug-likeness (QED) is 0.879. The maximum Gasteiger partial charge on any atom is 0.127 e. The van der Waals surface area contributed by atoms with Gasteiger partial charge in [0.1, 0.15) is 5.82 Å². The average molecular weight is 357 g/mol. The SMILES string of the molecule is CC(C)(C(N)Cc1ccc(Br)cc1F)N1CCCCCC1. The summed E-state index contributed by atoms with van der Waals surface area (Å²) in [4.78, 5) is 2.49. The lowest BCUT2D eigenvalue weighted by atomic mass is 9.88. The van der Waals surface area contributed by atoms with Crippen molar-refractivity contribution in [2.45, 2.75) is 57.5 Å². The third-order valence-electron chi connectivity index (χ3n) is 4.78. The molecule has 1 unspecified atom stereocenters. The van der Waals surface area contributed by atoms with Gasteiger partial charge in [-0.25, -0.2) is 4.39 Å². The van der Waals surface area contributed by atoms with E-state index < -0.39 is 0 Å². The number of nitrogens with two attached hydrogens (primary N) is 1. The summed E-state index contributed by atoms with van der Waals surface area (Å²) in [6.45, 7) is 6.59. The van der Waals surface area contributed by atoms with E-state index in [2.05, 4.69) is 34.7 Å². The van der Waals surface area contributed by atoms with Crippen LogP contribution in [0.3, 0.4) is 0 Å². The molecular weight excluding hydrogens is 331 g/mol. The predicted molar refractivity (Wildman–Crippen MR) is 89.9 cm³/mol. The molecule has 118 valence electrons. The molecule has 1 saturated heterocycles. The Labute approximate surface area is 136 Å². The topological polar surface area (TPSA) is 29.3 Å². The standard InChI is InChI=1S/C17H26BrFN2/c1-17(2,21-9-5-3-4-6-10-21)16(20)11-13-7-8-14(18)12-15(13)19/h7-8,12,16H,3-6,9-11,20H2,1-2H3. The van der Waals surface area contributed by atoms with Gasteiger partial charge in [-0.3, -0.25) is 4.90 Å².